The van der Waals surface area contributed by atoms with Crippen LogP contribution in [0.2, 0.25) is 10.0 Å². The zero-order valence-corrected chi connectivity index (χ0v) is 20.3. The molecule has 1 heterocycles. The second-order valence-corrected chi connectivity index (χ2v) is 9.08. The number of ether oxygens (including phenoxy) is 1. The average molecular weight is 484 g/mol. The number of hydrogen-bond acceptors (Lipinski definition) is 3. The van der Waals surface area contributed by atoms with Gasteiger partial charge in [-0.25, -0.2) is 0 Å². The zero-order chi connectivity index (χ0) is 21.3. The van der Waals surface area contributed by atoms with Crippen LogP contribution in [0.4, 0.5) is 0 Å². The number of carbonyl (C=O) groups is 1. The summed E-state index contributed by atoms with van der Waals surface area (Å²) in [6.45, 7) is 2.21. The van der Waals surface area contributed by atoms with Gasteiger partial charge in [-0.15, -0.1) is 12.4 Å². The van der Waals surface area contributed by atoms with Crippen LogP contribution in [0, 0.1) is 0 Å². The standard InChI is InChI=1S/C24H28Cl2N2O2.ClH/c1-27(23(29)14-16-8-9-17(25)15-20(16)26)24-19-6-5-7-22(30-2)18(19)10-11-21(24)28-12-3-4-13-28;/h5-9,15,21,24H,3-4,10-14H2,1-2H3;1H/t21-,24-;/m0./s1. The first-order chi connectivity index (χ1) is 14.5. The molecule has 7 heteroatoms. The first kappa shape index (κ1) is 24.2. The molecule has 0 radical (unpaired) electrons. The lowest BCUT2D eigenvalue weighted by atomic mass is 9.81. The van der Waals surface area contributed by atoms with E-state index < -0.39 is 0 Å². The van der Waals surface area contributed by atoms with Crippen molar-refractivity contribution in [1.82, 2.24) is 9.80 Å². The van der Waals surface area contributed by atoms with Gasteiger partial charge in [-0.05, 0) is 73.7 Å². The van der Waals surface area contributed by atoms with Crippen LogP contribution in [0.25, 0.3) is 0 Å². The minimum atomic E-state index is 0. The summed E-state index contributed by atoms with van der Waals surface area (Å²) in [5.41, 5.74) is 3.23. The molecular formula is C24H29Cl3N2O2. The van der Waals surface area contributed by atoms with E-state index in [0.717, 1.165) is 37.2 Å². The first-order valence-corrected chi connectivity index (χ1v) is 11.3. The molecule has 0 bridgehead atoms. The fourth-order valence-corrected chi connectivity index (χ4v) is 5.48. The van der Waals surface area contributed by atoms with Gasteiger partial charge in [0.1, 0.15) is 5.75 Å². The SMILES string of the molecule is COc1cccc2c1CC[C@H](N1CCCC1)[C@H]2N(C)C(=O)Cc1ccc(Cl)cc1Cl.Cl. The van der Waals surface area contributed by atoms with Crippen molar-refractivity contribution in [2.75, 3.05) is 27.2 Å². The quantitative estimate of drug-likeness (QED) is 0.557. The summed E-state index contributed by atoms with van der Waals surface area (Å²) >= 11 is 12.4. The summed E-state index contributed by atoms with van der Waals surface area (Å²) < 4.78 is 5.64. The van der Waals surface area contributed by atoms with Crippen LogP contribution >= 0.6 is 35.6 Å². The fraction of sp³-hybridized carbons (Fsp3) is 0.458. The Labute approximate surface area is 200 Å². The third kappa shape index (κ3) is 4.98. The number of methoxy groups -OCH3 is 1. The Morgan fingerprint density at radius 3 is 2.61 bits per heavy atom. The van der Waals surface area contributed by atoms with Crippen LogP contribution in [0.15, 0.2) is 36.4 Å². The van der Waals surface area contributed by atoms with Gasteiger partial charge < -0.3 is 9.64 Å². The molecule has 0 N–H and O–H groups in total. The summed E-state index contributed by atoms with van der Waals surface area (Å²) in [5.74, 6) is 0.975. The molecule has 1 aliphatic heterocycles. The van der Waals surface area contributed by atoms with Crippen LogP contribution in [-0.2, 0) is 17.6 Å². The number of halogens is 3. The maximum Gasteiger partial charge on any atom is 0.227 e. The Balaban J connectivity index is 0.00000272. The number of hydrogen-bond donors (Lipinski definition) is 0. The molecule has 2 aliphatic rings. The largest absolute Gasteiger partial charge is 0.496 e. The van der Waals surface area contributed by atoms with E-state index >= 15 is 0 Å². The monoisotopic (exact) mass is 482 g/mol. The molecule has 2 aromatic rings. The van der Waals surface area contributed by atoms with Crippen molar-refractivity contribution in [2.45, 2.75) is 44.2 Å². The lowest BCUT2D eigenvalue weighted by molar-refractivity contribution is -0.133. The Morgan fingerprint density at radius 1 is 1.19 bits per heavy atom. The Bertz CT molecular complexity index is 931. The number of likely N-dealkylation sites (N-methyl/N-ethyl adjacent to an activating group) is 1. The molecule has 0 spiro atoms. The summed E-state index contributed by atoms with van der Waals surface area (Å²) in [4.78, 5) is 17.8. The summed E-state index contributed by atoms with van der Waals surface area (Å²) in [6.07, 6.45) is 4.72. The third-order valence-electron chi connectivity index (χ3n) is 6.54. The van der Waals surface area contributed by atoms with Gasteiger partial charge in [-0.1, -0.05) is 41.4 Å². The maximum atomic E-state index is 13.4. The molecule has 0 aromatic heterocycles. The van der Waals surface area contributed by atoms with Crippen LogP contribution in [0.3, 0.4) is 0 Å². The van der Waals surface area contributed by atoms with Crippen molar-refractivity contribution >= 4 is 41.5 Å². The summed E-state index contributed by atoms with van der Waals surface area (Å²) in [5, 5.41) is 1.11. The normalized spacial score (nSPS) is 20.6. The Kier molecular flexibility index (Phi) is 8.14. The van der Waals surface area contributed by atoms with Crippen LogP contribution in [-0.4, -0.2) is 49.0 Å². The van der Waals surface area contributed by atoms with Gasteiger partial charge in [0.15, 0.2) is 0 Å². The molecule has 0 saturated carbocycles. The minimum Gasteiger partial charge on any atom is -0.496 e. The molecule has 2 atom stereocenters. The average Bonchev–Trinajstić information content (AvgIpc) is 3.28. The van der Waals surface area contributed by atoms with E-state index in [4.69, 9.17) is 27.9 Å². The smallest absolute Gasteiger partial charge is 0.227 e. The van der Waals surface area contributed by atoms with Crippen LogP contribution in [0.1, 0.15) is 42.0 Å². The number of nitrogens with zero attached hydrogens (tertiary/aromatic N) is 2. The molecule has 4 rings (SSSR count). The maximum absolute atomic E-state index is 13.4. The predicted molar refractivity (Wildman–Crippen MR) is 129 cm³/mol. The van der Waals surface area contributed by atoms with Gasteiger partial charge in [-0.3, -0.25) is 9.69 Å². The predicted octanol–water partition coefficient (Wildman–Crippen LogP) is 5.58. The van der Waals surface area contributed by atoms with Crippen molar-refractivity contribution in [1.29, 1.82) is 0 Å². The molecule has 1 fully saturated rings. The Hall–Kier alpha value is -1.46. The number of carbonyl (C=O) groups excluding carboxylic acids is 1. The minimum absolute atomic E-state index is 0. The van der Waals surface area contributed by atoms with Gasteiger partial charge >= 0.3 is 0 Å². The molecule has 31 heavy (non-hydrogen) atoms. The van der Waals surface area contributed by atoms with E-state index in [2.05, 4.69) is 11.0 Å². The van der Waals surface area contributed by atoms with E-state index in [1.807, 2.05) is 30.1 Å². The second kappa shape index (κ2) is 10.4. The second-order valence-electron chi connectivity index (χ2n) is 8.24. The highest BCUT2D eigenvalue weighted by Crippen LogP contribution is 2.41. The highest BCUT2D eigenvalue weighted by molar-refractivity contribution is 6.35. The zero-order valence-electron chi connectivity index (χ0n) is 17.9. The molecule has 168 valence electrons. The molecule has 0 unspecified atom stereocenters. The van der Waals surface area contributed by atoms with Crippen molar-refractivity contribution in [3.63, 3.8) is 0 Å². The van der Waals surface area contributed by atoms with Crippen molar-refractivity contribution in [3.8, 4) is 5.75 Å². The van der Waals surface area contributed by atoms with E-state index in [-0.39, 0.29) is 30.8 Å². The van der Waals surface area contributed by atoms with E-state index in [0.29, 0.717) is 16.1 Å². The van der Waals surface area contributed by atoms with Gasteiger partial charge in [0, 0.05) is 23.1 Å². The molecule has 4 nitrogen and oxygen atoms in total. The van der Waals surface area contributed by atoms with Gasteiger partial charge in [0.05, 0.1) is 19.6 Å². The van der Waals surface area contributed by atoms with Crippen LogP contribution < -0.4 is 4.74 Å². The highest BCUT2D eigenvalue weighted by atomic mass is 35.5. The summed E-state index contributed by atoms with van der Waals surface area (Å²) in [7, 11) is 3.64. The van der Waals surface area contributed by atoms with E-state index in [1.165, 1.54) is 24.0 Å². The number of amides is 1. The van der Waals surface area contributed by atoms with Crippen LogP contribution in [0.5, 0.6) is 5.75 Å². The molecule has 1 amide bonds. The van der Waals surface area contributed by atoms with Crippen molar-refractivity contribution < 1.29 is 9.53 Å². The number of fused-ring (bicyclic) bond motifs is 1. The third-order valence-corrected chi connectivity index (χ3v) is 7.13. The van der Waals surface area contributed by atoms with E-state index in [1.54, 1.807) is 19.2 Å². The number of benzene rings is 2. The lowest BCUT2D eigenvalue weighted by Gasteiger charge is -2.44. The van der Waals surface area contributed by atoms with Gasteiger partial charge in [0.25, 0.3) is 0 Å². The number of rotatable bonds is 5. The highest BCUT2D eigenvalue weighted by Gasteiger charge is 2.39. The molecule has 2 aromatic carbocycles. The molecule has 1 aliphatic carbocycles. The molecule has 1 saturated heterocycles. The summed E-state index contributed by atoms with van der Waals surface area (Å²) in [6, 6.07) is 11.8. The number of likely N-dealkylation sites (tertiary alicyclic amines) is 1. The molecular weight excluding hydrogens is 455 g/mol. The van der Waals surface area contributed by atoms with Crippen molar-refractivity contribution in [3.05, 3.63) is 63.1 Å². The van der Waals surface area contributed by atoms with Gasteiger partial charge in [-0.2, -0.15) is 0 Å². The lowest BCUT2D eigenvalue weighted by Crippen LogP contribution is -2.48. The topological polar surface area (TPSA) is 32.8 Å². The van der Waals surface area contributed by atoms with E-state index in [9.17, 15) is 4.79 Å². The fourth-order valence-electron chi connectivity index (χ4n) is 5.01. The van der Waals surface area contributed by atoms with Gasteiger partial charge in [0.2, 0.25) is 5.91 Å². The van der Waals surface area contributed by atoms with Crippen molar-refractivity contribution in [2.24, 2.45) is 0 Å². The first-order valence-electron chi connectivity index (χ1n) is 10.6. The Morgan fingerprint density at radius 2 is 1.94 bits per heavy atom.